The molecule has 0 bridgehead atoms. The summed E-state index contributed by atoms with van der Waals surface area (Å²) in [6, 6.07) is 17.6. The molecule has 0 saturated carbocycles. The van der Waals surface area contributed by atoms with Crippen molar-refractivity contribution in [2.75, 3.05) is 7.11 Å². The van der Waals surface area contributed by atoms with Crippen molar-refractivity contribution in [2.45, 2.75) is 13.5 Å². The van der Waals surface area contributed by atoms with Crippen molar-refractivity contribution in [3.8, 4) is 0 Å². The lowest BCUT2D eigenvalue weighted by Crippen LogP contribution is -1.99. The van der Waals surface area contributed by atoms with Crippen LogP contribution in [0.3, 0.4) is 0 Å². The van der Waals surface area contributed by atoms with E-state index in [1.165, 1.54) is 7.11 Å². The number of halogens is 1. The number of aliphatic imine (C=N–C) groups is 1. The fourth-order valence-electron chi connectivity index (χ4n) is 3.25. The van der Waals surface area contributed by atoms with E-state index in [9.17, 15) is 4.79 Å². The lowest BCUT2D eigenvalue weighted by Gasteiger charge is -2.02. The van der Waals surface area contributed by atoms with E-state index < -0.39 is 5.97 Å². The molecule has 5 nitrogen and oxygen atoms in total. The number of benzene rings is 2. The number of aryl methyl sites for hydroxylation is 1. The van der Waals surface area contributed by atoms with Gasteiger partial charge in [-0.05, 0) is 48.9 Å². The third kappa shape index (κ3) is 4.03. The van der Waals surface area contributed by atoms with Gasteiger partial charge >= 0.3 is 5.97 Å². The molecule has 4 rings (SSSR count). The summed E-state index contributed by atoms with van der Waals surface area (Å²) >= 11 is 3.48. The molecule has 2 aromatic carbocycles. The second-order valence-electron chi connectivity index (χ2n) is 6.68. The number of hydrogen-bond donors (Lipinski definition) is 0. The molecule has 0 aliphatic heterocycles. The largest absolute Gasteiger partial charge is 0.463 e. The molecular weight excluding hydrogens is 432 g/mol. The third-order valence-electron chi connectivity index (χ3n) is 4.70. The number of hydrogen-bond acceptors (Lipinski definition) is 4. The summed E-state index contributed by atoms with van der Waals surface area (Å²) in [6.07, 6.45) is 3.93. The number of para-hydroxylation sites is 1. The van der Waals surface area contributed by atoms with Crippen LogP contribution < -0.4 is 0 Å². The predicted molar refractivity (Wildman–Crippen MR) is 117 cm³/mol. The van der Waals surface area contributed by atoms with E-state index in [2.05, 4.69) is 37.6 Å². The van der Waals surface area contributed by atoms with Gasteiger partial charge in [-0.25, -0.2) is 4.79 Å². The Hall–Kier alpha value is -3.12. The molecule has 0 aliphatic carbocycles. The summed E-state index contributed by atoms with van der Waals surface area (Å²) in [7, 11) is 1.34. The molecule has 0 N–H and O–H groups in total. The number of esters is 1. The first-order valence-electron chi connectivity index (χ1n) is 9.10. The van der Waals surface area contributed by atoms with Gasteiger partial charge in [0.1, 0.15) is 5.76 Å². The van der Waals surface area contributed by atoms with Crippen LogP contribution in [0.15, 0.2) is 74.7 Å². The van der Waals surface area contributed by atoms with Gasteiger partial charge in [-0.1, -0.05) is 34.1 Å². The molecule has 0 amide bonds. The van der Waals surface area contributed by atoms with Crippen molar-refractivity contribution in [1.29, 1.82) is 0 Å². The molecule has 4 aromatic rings. The van der Waals surface area contributed by atoms with Gasteiger partial charge in [0.05, 0.1) is 19.3 Å². The van der Waals surface area contributed by atoms with Gasteiger partial charge < -0.3 is 13.7 Å². The lowest BCUT2D eigenvalue weighted by molar-refractivity contribution is 0.0563. The molecule has 6 heteroatoms. The van der Waals surface area contributed by atoms with Crippen LogP contribution in [0.2, 0.25) is 0 Å². The molecule has 29 heavy (non-hydrogen) atoms. The summed E-state index contributed by atoms with van der Waals surface area (Å²) in [5, 5.41) is 1.10. The Kier molecular flexibility index (Phi) is 5.36. The average molecular weight is 451 g/mol. The van der Waals surface area contributed by atoms with Crippen LogP contribution in [-0.2, 0) is 11.3 Å². The Balaban J connectivity index is 1.67. The van der Waals surface area contributed by atoms with E-state index in [1.54, 1.807) is 12.1 Å². The summed E-state index contributed by atoms with van der Waals surface area (Å²) < 4.78 is 13.5. The number of aromatic nitrogens is 1. The van der Waals surface area contributed by atoms with Crippen LogP contribution in [0, 0.1) is 6.92 Å². The maximum absolute atomic E-state index is 11.6. The highest BCUT2D eigenvalue weighted by atomic mass is 79.9. The van der Waals surface area contributed by atoms with E-state index in [4.69, 9.17) is 9.15 Å². The molecule has 0 saturated heterocycles. The molecular formula is C23H19BrN2O3. The topological polar surface area (TPSA) is 56.7 Å². The molecule has 2 heterocycles. The quantitative estimate of drug-likeness (QED) is 0.281. The zero-order valence-corrected chi connectivity index (χ0v) is 17.6. The second-order valence-corrected chi connectivity index (χ2v) is 7.59. The van der Waals surface area contributed by atoms with Gasteiger partial charge in [-0.2, -0.15) is 0 Å². The molecule has 0 aliphatic rings. The Morgan fingerprint density at radius 2 is 2.03 bits per heavy atom. The highest BCUT2D eigenvalue weighted by molar-refractivity contribution is 9.10. The van der Waals surface area contributed by atoms with Crippen LogP contribution in [-0.4, -0.2) is 23.9 Å². The predicted octanol–water partition coefficient (Wildman–Crippen LogP) is 5.89. The molecule has 146 valence electrons. The summed E-state index contributed by atoms with van der Waals surface area (Å²) in [5.74, 6) is 0.399. The smallest absolute Gasteiger partial charge is 0.373 e. The fraction of sp³-hybridized carbons (Fsp3) is 0.130. The Morgan fingerprint density at radius 1 is 1.21 bits per heavy atom. The van der Waals surface area contributed by atoms with E-state index in [0.717, 1.165) is 32.2 Å². The van der Waals surface area contributed by atoms with E-state index in [1.807, 2.05) is 49.7 Å². The maximum Gasteiger partial charge on any atom is 0.373 e. The zero-order valence-electron chi connectivity index (χ0n) is 16.1. The van der Waals surface area contributed by atoms with Gasteiger partial charge in [-0.3, -0.25) is 4.99 Å². The van der Waals surface area contributed by atoms with Gasteiger partial charge in [0.25, 0.3) is 0 Å². The lowest BCUT2D eigenvalue weighted by atomic mass is 10.2. The molecule has 0 fully saturated rings. The normalized spacial score (nSPS) is 11.4. The summed E-state index contributed by atoms with van der Waals surface area (Å²) in [4.78, 5) is 16.3. The van der Waals surface area contributed by atoms with Crippen molar-refractivity contribution >= 4 is 44.7 Å². The first kappa shape index (κ1) is 19.2. The molecule has 0 spiro atoms. The number of methoxy groups -OCH3 is 1. The highest BCUT2D eigenvalue weighted by Gasteiger charge is 2.13. The second kappa shape index (κ2) is 8.09. The zero-order chi connectivity index (χ0) is 20.4. The first-order chi connectivity index (χ1) is 14.0. The number of carbonyl (C=O) groups excluding carboxylic acids is 1. The number of nitrogens with zero attached hydrogens (tertiary/aromatic N) is 2. The highest BCUT2D eigenvalue weighted by Crippen LogP contribution is 2.25. The van der Waals surface area contributed by atoms with Crippen molar-refractivity contribution in [3.63, 3.8) is 0 Å². The van der Waals surface area contributed by atoms with Crippen molar-refractivity contribution in [3.05, 3.63) is 87.9 Å². The third-order valence-corrected chi connectivity index (χ3v) is 5.19. The fourth-order valence-corrected chi connectivity index (χ4v) is 3.73. The first-order valence-corrected chi connectivity index (χ1v) is 9.89. The monoisotopic (exact) mass is 450 g/mol. The maximum atomic E-state index is 11.6. The van der Waals surface area contributed by atoms with Crippen molar-refractivity contribution in [1.82, 2.24) is 4.57 Å². The number of carbonyl (C=O) groups is 1. The summed E-state index contributed by atoms with van der Waals surface area (Å²) in [6.45, 7) is 2.54. The van der Waals surface area contributed by atoms with E-state index in [0.29, 0.717) is 12.3 Å². The van der Waals surface area contributed by atoms with Gasteiger partial charge in [0, 0.05) is 33.4 Å². The van der Waals surface area contributed by atoms with Gasteiger partial charge in [0.15, 0.2) is 0 Å². The van der Waals surface area contributed by atoms with E-state index in [-0.39, 0.29) is 5.76 Å². The average Bonchev–Trinajstić information content (AvgIpc) is 3.32. The van der Waals surface area contributed by atoms with Gasteiger partial charge in [-0.15, -0.1) is 0 Å². The Labute approximate surface area is 176 Å². The van der Waals surface area contributed by atoms with Crippen LogP contribution >= 0.6 is 15.9 Å². The molecule has 2 aromatic heterocycles. The Morgan fingerprint density at radius 3 is 2.83 bits per heavy atom. The minimum absolute atomic E-state index is 0.200. The summed E-state index contributed by atoms with van der Waals surface area (Å²) in [5.41, 5.74) is 4.12. The van der Waals surface area contributed by atoms with Crippen LogP contribution in [0.1, 0.15) is 27.4 Å². The SMILES string of the molecule is COC(=O)c1ccc(Cn2cc(C=Nc3ccc(Br)cc3C)c3ccccc32)o1. The standard InChI is InChI=1S/C23H19BrN2O3/c1-15-11-17(24)7-9-20(15)25-12-16-13-26(21-6-4-3-5-19(16)21)14-18-8-10-22(29-18)23(27)28-2/h3-13H,14H2,1-2H3. The minimum atomic E-state index is -0.480. The van der Waals surface area contributed by atoms with Crippen LogP contribution in [0.25, 0.3) is 10.9 Å². The minimum Gasteiger partial charge on any atom is -0.463 e. The molecule has 0 atom stereocenters. The number of rotatable bonds is 5. The molecule has 0 unspecified atom stereocenters. The Bertz CT molecular complexity index is 1220. The van der Waals surface area contributed by atoms with Gasteiger partial charge in [0.2, 0.25) is 5.76 Å². The number of ether oxygens (including phenoxy) is 1. The van der Waals surface area contributed by atoms with Crippen LogP contribution in [0.4, 0.5) is 5.69 Å². The van der Waals surface area contributed by atoms with E-state index >= 15 is 0 Å². The van der Waals surface area contributed by atoms with Crippen LogP contribution in [0.5, 0.6) is 0 Å². The number of furan rings is 1. The van der Waals surface area contributed by atoms with Crippen molar-refractivity contribution in [2.24, 2.45) is 4.99 Å². The molecule has 0 radical (unpaired) electrons. The number of fused-ring (bicyclic) bond motifs is 1. The van der Waals surface area contributed by atoms with Crippen molar-refractivity contribution < 1.29 is 13.9 Å².